The van der Waals surface area contributed by atoms with Crippen LogP contribution < -0.4 is 9.47 Å². The van der Waals surface area contributed by atoms with Crippen LogP contribution in [0.5, 0.6) is 11.8 Å². The molecule has 0 amide bonds. The van der Waals surface area contributed by atoms with Crippen LogP contribution in [0.1, 0.15) is 5.56 Å². The maximum absolute atomic E-state index is 10.9. The van der Waals surface area contributed by atoms with Crippen molar-refractivity contribution in [2.75, 3.05) is 14.2 Å². The van der Waals surface area contributed by atoms with Gasteiger partial charge in [0.05, 0.1) is 19.8 Å². The van der Waals surface area contributed by atoms with E-state index in [0.29, 0.717) is 0 Å². The Morgan fingerprint density at radius 3 is 2.07 bits per heavy atom. The molecule has 0 aromatic carbocycles. The third kappa shape index (κ3) is 3.21. The molecule has 0 atom stereocenters. The fourth-order valence-corrected chi connectivity index (χ4v) is 1.95. The van der Waals surface area contributed by atoms with Crippen molar-refractivity contribution in [3.63, 3.8) is 0 Å². The molecule has 0 radical (unpaired) electrons. The van der Waals surface area contributed by atoms with Crippen LogP contribution in [0.15, 0.2) is 6.33 Å². The van der Waals surface area contributed by atoms with Gasteiger partial charge in [0.1, 0.15) is 12.1 Å². The third-order valence-corrected chi connectivity index (χ3v) is 2.53. The number of ether oxygens (including phenoxy) is 2. The lowest BCUT2D eigenvalue weighted by atomic mass is 10.3. The van der Waals surface area contributed by atoms with Crippen LogP contribution >= 0.6 is 10.7 Å². The molecule has 6 nitrogen and oxygen atoms in total. The highest BCUT2D eigenvalue weighted by Gasteiger charge is 2.19. The van der Waals surface area contributed by atoms with E-state index in [-0.39, 0.29) is 17.3 Å². The summed E-state index contributed by atoms with van der Waals surface area (Å²) in [5.74, 6) is -0.181. The zero-order valence-corrected chi connectivity index (χ0v) is 9.67. The van der Waals surface area contributed by atoms with Gasteiger partial charge in [-0.05, 0) is 0 Å². The minimum Gasteiger partial charge on any atom is -0.481 e. The standard InChI is InChI=1S/C7H9ClN2O4S/c1-13-6-5(3-15(8,11)12)7(14-2)10-4-9-6/h4H,3H2,1-2H3. The molecule has 0 bridgehead atoms. The lowest BCUT2D eigenvalue weighted by molar-refractivity contribution is 0.364. The van der Waals surface area contributed by atoms with Gasteiger partial charge in [0.25, 0.3) is 0 Å². The second-order valence-electron chi connectivity index (χ2n) is 2.55. The van der Waals surface area contributed by atoms with E-state index in [0.717, 1.165) is 0 Å². The Morgan fingerprint density at radius 1 is 1.27 bits per heavy atom. The van der Waals surface area contributed by atoms with Crippen molar-refractivity contribution in [3.05, 3.63) is 11.9 Å². The van der Waals surface area contributed by atoms with Crippen molar-refractivity contribution in [3.8, 4) is 11.8 Å². The van der Waals surface area contributed by atoms with Gasteiger partial charge >= 0.3 is 0 Å². The number of aromatic nitrogens is 2. The summed E-state index contributed by atoms with van der Waals surface area (Å²) in [6.45, 7) is 0. The number of hydrogen-bond donors (Lipinski definition) is 0. The molecular formula is C7H9ClN2O4S. The summed E-state index contributed by atoms with van der Waals surface area (Å²) in [5, 5.41) is 0. The normalized spacial score (nSPS) is 11.1. The Hall–Kier alpha value is -1.08. The van der Waals surface area contributed by atoms with Gasteiger partial charge in [0.15, 0.2) is 0 Å². The first-order valence-electron chi connectivity index (χ1n) is 3.82. The Kier molecular flexibility index (Phi) is 3.70. The van der Waals surface area contributed by atoms with Crippen LogP contribution in [-0.4, -0.2) is 32.6 Å². The summed E-state index contributed by atoms with van der Waals surface area (Å²) in [4.78, 5) is 7.51. The zero-order chi connectivity index (χ0) is 11.5. The second kappa shape index (κ2) is 4.63. The van der Waals surface area contributed by atoms with E-state index in [1.54, 1.807) is 0 Å². The van der Waals surface area contributed by atoms with Crippen molar-refractivity contribution in [2.24, 2.45) is 0 Å². The van der Waals surface area contributed by atoms with Gasteiger partial charge < -0.3 is 9.47 Å². The maximum atomic E-state index is 10.9. The van der Waals surface area contributed by atoms with E-state index in [4.69, 9.17) is 20.2 Å². The third-order valence-electron chi connectivity index (χ3n) is 1.57. The van der Waals surface area contributed by atoms with Gasteiger partial charge in [-0.15, -0.1) is 0 Å². The molecule has 0 unspecified atom stereocenters. The summed E-state index contributed by atoms with van der Waals surface area (Å²) in [6.07, 6.45) is 1.21. The zero-order valence-electron chi connectivity index (χ0n) is 8.10. The van der Waals surface area contributed by atoms with Crippen LogP contribution in [0.4, 0.5) is 0 Å². The SMILES string of the molecule is COc1ncnc(OC)c1CS(=O)(=O)Cl. The lowest BCUT2D eigenvalue weighted by Crippen LogP contribution is -2.04. The summed E-state index contributed by atoms with van der Waals surface area (Å²) in [6, 6.07) is 0. The van der Waals surface area contributed by atoms with Crippen molar-refractivity contribution in [1.82, 2.24) is 9.97 Å². The van der Waals surface area contributed by atoms with Crippen molar-refractivity contribution < 1.29 is 17.9 Å². The highest BCUT2D eigenvalue weighted by Crippen LogP contribution is 2.26. The average Bonchev–Trinajstić information content (AvgIpc) is 2.16. The molecule has 0 fully saturated rings. The predicted molar refractivity (Wildman–Crippen MR) is 53.6 cm³/mol. The molecule has 0 saturated carbocycles. The quantitative estimate of drug-likeness (QED) is 0.729. The number of rotatable bonds is 4. The second-order valence-corrected chi connectivity index (χ2v) is 5.33. The fourth-order valence-electron chi connectivity index (χ4n) is 1.03. The van der Waals surface area contributed by atoms with E-state index in [2.05, 4.69) is 9.97 Å². The van der Waals surface area contributed by atoms with Gasteiger partial charge in [0, 0.05) is 10.7 Å². The van der Waals surface area contributed by atoms with Crippen molar-refractivity contribution in [1.29, 1.82) is 0 Å². The highest BCUT2D eigenvalue weighted by atomic mass is 35.7. The molecule has 0 spiro atoms. The maximum Gasteiger partial charge on any atom is 0.237 e. The van der Waals surface area contributed by atoms with E-state index in [9.17, 15) is 8.42 Å². The summed E-state index contributed by atoms with van der Waals surface area (Å²) in [7, 11) is 4.16. The predicted octanol–water partition coefficient (Wildman–Crippen LogP) is 0.562. The van der Waals surface area contributed by atoms with Crippen LogP contribution in [0.3, 0.4) is 0 Å². The highest BCUT2D eigenvalue weighted by molar-refractivity contribution is 8.13. The molecule has 15 heavy (non-hydrogen) atoms. The topological polar surface area (TPSA) is 78.4 Å². The van der Waals surface area contributed by atoms with E-state index in [1.807, 2.05) is 0 Å². The summed E-state index contributed by atoms with van der Waals surface area (Å²) in [5.41, 5.74) is 0.206. The molecule has 0 saturated heterocycles. The van der Waals surface area contributed by atoms with Gasteiger partial charge in [-0.25, -0.2) is 18.4 Å². The summed E-state index contributed by atoms with van der Waals surface area (Å²) < 4.78 is 31.6. The van der Waals surface area contributed by atoms with E-state index >= 15 is 0 Å². The molecule has 1 heterocycles. The minimum absolute atomic E-state index is 0.131. The van der Waals surface area contributed by atoms with Crippen LogP contribution in [0.2, 0.25) is 0 Å². The fraction of sp³-hybridized carbons (Fsp3) is 0.429. The molecule has 1 rings (SSSR count). The first-order valence-corrected chi connectivity index (χ1v) is 6.30. The number of methoxy groups -OCH3 is 2. The van der Waals surface area contributed by atoms with Crippen LogP contribution in [0, 0.1) is 0 Å². The molecule has 1 aromatic rings. The van der Waals surface area contributed by atoms with Crippen molar-refractivity contribution in [2.45, 2.75) is 5.75 Å². The van der Waals surface area contributed by atoms with E-state index < -0.39 is 14.8 Å². The van der Waals surface area contributed by atoms with Gasteiger partial charge in [-0.1, -0.05) is 0 Å². The van der Waals surface area contributed by atoms with Crippen LogP contribution in [-0.2, 0) is 14.8 Å². The lowest BCUT2D eigenvalue weighted by Gasteiger charge is -2.08. The minimum atomic E-state index is -3.71. The smallest absolute Gasteiger partial charge is 0.237 e. The van der Waals surface area contributed by atoms with Gasteiger partial charge in [-0.3, -0.25) is 0 Å². The molecular weight excluding hydrogens is 244 g/mol. The first-order chi connectivity index (χ1) is 6.98. The molecule has 0 aliphatic heterocycles. The summed E-state index contributed by atoms with van der Waals surface area (Å²) >= 11 is 0. The Balaban J connectivity index is 3.22. The van der Waals surface area contributed by atoms with Crippen LogP contribution in [0.25, 0.3) is 0 Å². The monoisotopic (exact) mass is 252 g/mol. The molecule has 84 valence electrons. The van der Waals surface area contributed by atoms with Crippen molar-refractivity contribution >= 4 is 19.7 Å². The molecule has 8 heteroatoms. The molecule has 0 N–H and O–H groups in total. The molecule has 0 aliphatic rings. The molecule has 0 aliphatic carbocycles. The van der Waals surface area contributed by atoms with Gasteiger partial charge in [0.2, 0.25) is 20.8 Å². The Bertz CT molecular complexity index is 426. The van der Waals surface area contributed by atoms with E-state index in [1.165, 1.54) is 20.5 Å². The largest absolute Gasteiger partial charge is 0.481 e. The molecule has 1 aromatic heterocycles. The van der Waals surface area contributed by atoms with Gasteiger partial charge in [-0.2, -0.15) is 0 Å². The average molecular weight is 253 g/mol. The number of nitrogens with zero attached hydrogens (tertiary/aromatic N) is 2. The number of halogens is 1. The number of hydrogen-bond acceptors (Lipinski definition) is 6. The Morgan fingerprint density at radius 2 is 1.73 bits per heavy atom. The first kappa shape index (κ1) is 12.0. The Labute approximate surface area is 91.6 Å².